The molecule has 0 aliphatic rings. The summed E-state index contributed by atoms with van der Waals surface area (Å²) in [7, 11) is 0. The maximum atomic E-state index is 12.7. The van der Waals surface area contributed by atoms with E-state index in [2.05, 4.69) is 20.8 Å². The summed E-state index contributed by atoms with van der Waals surface area (Å²) in [6, 6.07) is 22.1. The monoisotopic (exact) mass is 564 g/mol. The van der Waals surface area contributed by atoms with Gasteiger partial charge in [0.1, 0.15) is 0 Å². The van der Waals surface area contributed by atoms with Crippen molar-refractivity contribution in [1.29, 1.82) is 0 Å². The normalized spacial score (nSPS) is 11.1. The first-order chi connectivity index (χ1) is 19.7. The number of hydrogen-bond donors (Lipinski definition) is 2. The number of aryl methyl sites for hydroxylation is 3. The molecule has 0 fully saturated rings. The van der Waals surface area contributed by atoms with Crippen LogP contribution in [0.3, 0.4) is 0 Å². The minimum absolute atomic E-state index is 0.0534. The number of nitrogens with zero attached hydrogens (tertiary/aromatic N) is 4. The largest absolute Gasteiger partial charge is 0.332 e. The number of nitro benzene ring substituents is 1. The fraction of sp³-hybridized carbons (Fsp3) is 0.129. The molecule has 2 N–H and O–H groups in total. The molecule has 0 radical (unpaired) electrons. The van der Waals surface area contributed by atoms with E-state index in [0.717, 1.165) is 50.3 Å². The quantitative estimate of drug-likeness (QED) is 0.117. The Balaban J connectivity index is 1.23. The molecule has 1 amide bonds. The highest BCUT2D eigenvalue weighted by Gasteiger charge is 2.15. The van der Waals surface area contributed by atoms with Crippen molar-refractivity contribution in [3.8, 4) is 16.9 Å². The van der Waals surface area contributed by atoms with Crippen LogP contribution in [0.15, 0.2) is 83.3 Å². The Hall–Kier alpha value is -5.09. The Bertz CT molecular complexity index is 1770. The highest BCUT2D eigenvalue weighted by atomic mass is 32.1. The van der Waals surface area contributed by atoms with E-state index >= 15 is 0 Å². The van der Waals surface area contributed by atoms with Crippen LogP contribution in [-0.4, -0.2) is 26.6 Å². The number of hydrogen-bond acceptors (Lipinski definition) is 7. The van der Waals surface area contributed by atoms with Gasteiger partial charge in [-0.3, -0.25) is 14.9 Å². The number of carbonyl (C=O) groups is 1. The van der Waals surface area contributed by atoms with Gasteiger partial charge >= 0.3 is 0 Å². The van der Waals surface area contributed by atoms with Crippen LogP contribution in [0.1, 0.15) is 38.4 Å². The molecule has 5 aromatic rings. The minimum atomic E-state index is -0.402. The smallest absolute Gasteiger partial charge is 0.271 e. The molecule has 206 valence electrons. The summed E-state index contributed by atoms with van der Waals surface area (Å²) < 4.78 is 2.02. The Kier molecular flexibility index (Phi) is 7.75. The van der Waals surface area contributed by atoms with Gasteiger partial charge in [0.05, 0.1) is 16.8 Å². The lowest BCUT2D eigenvalue weighted by Crippen LogP contribution is -2.17. The van der Waals surface area contributed by atoms with Gasteiger partial charge in [0, 0.05) is 57.0 Å². The lowest BCUT2D eigenvalue weighted by Gasteiger charge is -2.12. The van der Waals surface area contributed by atoms with Crippen molar-refractivity contribution in [3.63, 3.8) is 0 Å². The number of aromatic nitrogens is 2. The topological polar surface area (TPSA) is 114 Å². The maximum absolute atomic E-state index is 12.7. The predicted octanol–water partition coefficient (Wildman–Crippen LogP) is 7.25. The number of thiazole rings is 1. The number of anilines is 2. The van der Waals surface area contributed by atoms with E-state index in [1.807, 2.05) is 80.1 Å². The fourth-order valence-electron chi connectivity index (χ4n) is 4.53. The van der Waals surface area contributed by atoms with Crippen molar-refractivity contribution >= 4 is 40.0 Å². The lowest BCUT2D eigenvalue weighted by molar-refractivity contribution is -0.384. The van der Waals surface area contributed by atoms with E-state index in [9.17, 15) is 14.9 Å². The van der Waals surface area contributed by atoms with Gasteiger partial charge in [-0.2, -0.15) is 5.10 Å². The highest BCUT2D eigenvalue weighted by Crippen LogP contribution is 2.28. The van der Waals surface area contributed by atoms with Crippen LogP contribution in [0.5, 0.6) is 0 Å². The number of hydrazone groups is 1. The predicted molar refractivity (Wildman–Crippen MR) is 164 cm³/mol. The van der Waals surface area contributed by atoms with Crippen LogP contribution >= 0.6 is 11.3 Å². The molecular formula is C31H28N6O3S. The second-order valence-corrected chi connectivity index (χ2v) is 10.6. The van der Waals surface area contributed by atoms with E-state index in [4.69, 9.17) is 0 Å². The molecule has 0 aliphatic heterocycles. The molecule has 0 saturated heterocycles. The molecule has 0 aliphatic carbocycles. The standard InChI is InChI=1S/C31H28N6O3S/c1-19-5-11-26(12-6-19)33-31-34-28(18-41-31)23-7-9-24(10-8-23)30(38)35-32-17-25-16-21(3)36(22(25)4)29-14-13-27(37(39)40)15-20(29)2/h5-18H,1-4H3,(H,33,34)(H,35,38)/b32-17-. The second-order valence-electron chi connectivity index (χ2n) is 9.70. The molecule has 3 aromatic carbocycles. The second kappa shape index (κ2) is 11.6. The SMILES string of the molecule is Cc1ccc(Nc2nc(-c3ccc(C(=O)N/N=C\c4cc(C)n(-c5ccc([N+](=O)[O-])cc5C)c4C)cc3)cs2)cc1. The summed E-state index contributed by atoms with van der Waals surface area (Å²) in [5.41, 5.74) is 11.4. The third-order valence-corrected chi connectivity index (χ3v) is 7.48. The number of amides is 1. The van der Waals surface area contributed by atoms with Crippen LogP contribution < -0.4 is 10.7 Å². The van der Waals surface area contributed by atoms with Gasteiger partial charge in [0.15, 0.2) is 5.13 Å². The number of rotatable bonds is 8. The zero-order valence-corrected chi connectivity index (χ0v) is 23.8. The van der Waals surface area contributed by atoms with Crippen LogP contribution in [0.2, 0.25) is 0 Å². The molecule has 2 aromatic heterocycles. The van der Waals surface area contributed by atoms with E-state index in [1.165, 1.54) is 23.0 Å². The molecule has 2 heterocycles. The molecule has 5 rings (SSSR count). The van der Waals surface area contributed by atoms with E-state index in [0.29, 0.717) is 5.56 Å². The first-order valence-electron chi connectivity index (χ1n) is 12.9. The van der Waals surface area contributed by atoms with Gasteiger partial charge in [-0.1, -0.05) is 29.8 Å². The molecule has 0 bridgehead atoms. The molecule has 0 saturated carbocycles. The van der Waals surface area contributed by atoms with Gasteiger partial charge in [-0.25, -0.2) is 10.4 Å². The average Bonchev–Trinajstić information content (AvgIpc) is 3.53. The summed E-state index contributed by atoms with van der Waals surface area (Å²) in [6.45, 7) is 7.79. The van der Waals surface area contributed by atoms with Crippen LogP contribution in [0, 0.1) is 37.8 Å². The van der Waals surface area contributed by atoms with Crippen LogP contribution in [-0.2, 0) is 0 Å². The van der Waals surface area contributed by atoms with Crippen molar-refractivity contribution < 1.29 is 9.72 Å². The fourth-order valence-corrected chi connectivity index (χ4v) is 5.27. The van der Waals surface area contributed by atoms with E-state index < -0.39 is 4.92 Å². The first kappa shape index (κ1) is 27.5. The molecule has 0 spiro atoms. The number of non-ortho nitro benzene ring substituents is 1. The van der Waals surface area contributed by atoms with Crippen molar-refractivity contribution in [2.75, 3.05) is 5.32 Å². The summed E-state index contributed by atoms with van der Waals surface area (Å²) in [5.74, 6) is -0.326. The summed E-state index contributed by atoms with van der Waals surface area (Å²) in [5, 5.41) is 21.4. The van der Waals surface area contributed by atoms with Gasteiger partial charge in [-0.15, -0.1) is 11.3 Å². The first-order valence-corrected chi connectivity index (χ1v) is 13.7. The van der Waals surface area contributed by atoms with Crippen molar-refractivity contribution in [2.45, 2.75) is 27.7 Å². The third-order valence-electron chi connectivity index (χ3n) is 6.72. The average molecular weight is 565 g/mol. The number of benzene rings is 3. The maximum Gasteiger partial charge on any atom is 0.271 e. The Morgan fingerprint density at radius 3 is 2.41 bits per heavy atom. The van der Waals surface area contributed by atoms with Gasteiger partial charge in [-0.05, 0) is 69.7 Å². The van der Waals surface area contributed by atoms with Crippen molar-refractivity contribution in [2.24, 2.45) is 5.10 Å². The molecule has 0 atom stereocenters. The molecule has 41 heavy (non-hydrogen) atoms. The van der Waals surface area contributed by atoms with Crippen molar-refractivity contribution in [1.82, 2.24) is 15.0 Å². The summed E-state index contributed by atoms with van der Waals surface area (Å²) >= 11 is 1.52. The zero-order valence-electron chi connectivity index (χ0n) is 23.0. The minimum Gasteiger partial charge on any atom is -0.332 e. The Morgan fingerprint density at radius 2 is 1.73 bits per heavy atom. The number of nitrogens with one attached hydrogen (secondary N) is 2. The van der Waals surface area contributed by atoms with Crippen molar-refractivity contribution in [3.05, 3.63) is 122 Å². The van der Waals surface area contributed by atoms with Crippen LogP contribution in [0.25, 0.3) is 16.9 Å². The molecule has 9 nitrogen and oxygen atoms in total. The lowest BCUT2D eigenvalue weighted by atomic mass is 10.1. The highest BCUT2D eigenvalue weighted by molar-refractivity contribution is 7.14. The van der Waals surface area contributed by atoms with E-state index in [1.54, 1.807) is 30.5 Å². The van der Waals surface area contributed by atoms with Crippen LogP contribution in [0.4, 0.5) is 16.5 Å². The third kappa shape index (κ3) is 6.07. The Morgan fingerprint density at radius 1 is 1.00 bits per heavy atom. The van der Waals surface area contributed by atoms with Gasteiger partial charge < -0.3 is 9.88 Å². The zero-order chi connectivity index (χ0) is 29.1. The van der Waals surface area contributed by atoms with Gasteiger partial charge in [0.2, 0.25) is 0 Å². The Labute approximate surface area is 241 Å². The molecule has 0 unspecified atom stereocenters. The summed E-state index contributed by atoms with van der Waals surface area (Å²) in [4.78, 5) is 28.1. The number of nitro groups is 1. The number of carbonyl (C=O) groups excluding carboxylic acids is 1. The van der Waals surface area contributed by atoms with Gasteiger partial charge in [0.25, 0.3) is 11.6 Å². The van der Waals surface area contributed by atoms with E-state index in [-0.39, 0.29) is 11.6 Å². The molecular weight excluding hydrogens is 536 g/mol. The molecule has 10 heteroatoms. The summed E-state index contributed by atoms with van der Waals surface area (Å²) in [6.07, 6.45) is 1.60.